The fraction of sp³-hybridized carbons (Fsp3) is 0.268. The smallest absolute Gasteiger partial charge is 0.174 e. The van der Waals surface area contributed by atoms with Gasteiger partial charge in [0, 0.05) is 6.20 Å². The summed E-state index contributed by atoms with van der Waals surface area (Å²) < 4.78 is 52.4. The standard InChI is InChI=1S/C41H39ClFN3O5/c42-39-33-21-22-46(40(33)45-28-44-39)41-35(43)37(49-25-31-17-9-3-10-18-31)38(50-26-32-19-11-4-12-20-32)36(48-24-30-15-7-2-8-16-30)34(51-41)27-47-23-29-13-5-1-6-14-29/h1-22,28,34-38,41H,23-27H2/t34-,35+,36+,37+,38+,41-/m1/s1. The van der Waals surface area contributed by atoms with Crippen LogP contribution in [-0.2, 0) is 50.1 Å². The molecule has 1 fully saturated rings. The molecule has 0 saturated carbocycles. The van der Waals surface area contributed by atoms with Crippen LogP contribution in [0, 0.1) is 0 Å². The van der Waals surface area contributed by atoms with E-state index >= 15 is 4.39 Å². The molecule has 6 aromatic rings. The highest BCUT2D eigenvalue weighted by Crippen LogP contribution is 2.37. The molecule has 6 atom stereocenters. The van der Waals surface area contributed by atoms with Gasteiger partial charge in [0.1, 0.15) is 41.5 Å². The van der Waals surface area contributed by atoms with Crippen molar-refractivity contribution in [3.05, 3.63) is 167 Å². The predicted octanol–water partition coefficient (Wildman–Crippen LogP) is 8.29. The second-order valence-electron chi connectivity index (χ2n) is 12.4. The molecule has 2 aromatic heterocycles. The van der Waals surface area contributed by atoms with E-state index in [1.54, 1.807) is 16.8 Å². The average molecular weight is 708 g/mol. The van der Waals surface area contributed by atoms with Crippen LogP contribution >= 0.6 is 11.6 Å². The number of hydrogen-bond acceptors (Lipinski definition) is 7. The molecule has 7 rings (SSSR count). The van der Waals surface area contributed by atoms with Gasteiger partial charge in [-0.2, -0.15) is 0 Å². The zero-order valence-electron chi connectivity index (χ0n) is 27.9. The molecule has 0 spiro atoms. The van der Waals surface area contributed by atoms with E-state index in [4.69, 9.17) is 35.3 Å². The number of hydrogen-bond donors (Lipinski definition) is 0. The first-order valence-electron chi connectivity index (χ1n) is 17.0. The van der Waals surface area contributed by atoms with Gasteiger partial charge >= 0.3 is 0 Å². The number of aromatic nitrogens is 3. The monoisotopic (exact) mass is 707 g/mol. The Morgan fingerprint density at radius 2 is 1.10 bits per heavy atom. The molecule has 8 nitrogen and oxygen atoms in total. The Hall–Kier alpha value is -4.48. The third-order valence-corrected chi connectivity index (χ3v) is 9.20. The lowest BCUT2D eigenvalue weighted by molar-refractivity contribution is -0.184. The Morgan fingerprint density at radius 3 is 1.65 bits per heavy atom. The van der Waals surface area contributed by atoms with Crippen molar-refractivity contribution < 1.29 is 28.1 Å². The summed E-state index contributed by atoms with van der Waals surface area (Å²) in [5.41, 5.74) is 4.20. The second kappa shape index (κ2) is 17.2. The van der Waals surface area contributed by atoms with E-state index in [9.17, 15) is 0 Å². The number of benzene rings is 4. The molecule has 0 N–H and O–H groups in total. The Labute approximate surface area is 301 Å². The van der Waals surface area contributed by atoms with Gasteiger partial charge < -0.3 is 28.3 Å². The van der Waals surface area contributed by atoms with Crippen molar-refractivity contribution in [2.24, 2.45) is 0 Å². The third kappa shape index (κ3) is 8.70. The minimum absolute atomic E-state index is 0.0864. The fourth-order valence-corrected chi connectivity index (χ4v) is 6.51. The van der Waals surface area contributed by atoms with Crippen molar-refractivity contribution in [1.82, 2.24) is 14.5 Å². The van der Waals surface area contributed by atoms with Crippen molar-refractivity contribution >= 4 is 22.6 Å². The number of alkyl halides is 1. The van der Waals surface area contributed by atoms with Crippen LogP contribution in [0.15, 0.2) is 140 Å². The molecule has 0 bridgehead atoms. The van der Waals surface area contributed by atoms with Gasteiger partial charge in [0.25, 0.3) is 0 Å². The molecule has 3 heterocycles. The van der Waals surface area contributed by atoms with E-state index in [-0.39, 0.29) is 31.6 Å². The van der Waals surface area contributed by atoms with E-state index in [1.807, 2.05) is 121 Å². The maximum absolute atomic E-state index is 17.6. The third-order valence-electron chi connectivity index (χ3n) is 8.90. The van der Waals surface area contributed by atoms with E-state index < -0.39 is 36.8 Å². The first kappa shape index (κ1) is 34.9. The van der Waals surface area contributed by atoms with E-state index in [0.717, 1.165) is 22.3 Å². The highest BCUT2D eigenvalue weighted by Gasteiger charge is 2.50. The number of nitrogens with zero attached hydrogens (tertiary/aromatic N) is 3. The average Bonchev–Trinajstić information content (AvgIpc) is 3.58. The normalized spacial score (nSPS) is 22.2. The molecule has 1 aliphatic rings. The van der Waals surface area contributed by atoms with Gasteiger partial charge in [-0.3, -0.25) is 0 Å². The summed E-state index contributed by atoms with van der Waals surface area (Å²) in [6.07, 6.45) is -3.52. The summed E-state index contributed by atoms with van der Waals surface area (Å²) in [4.78, 5) is 8.58. The Kier molecular flexibility index (Phi) is 11.8. The SMILES string of the molecule is F[C@H]1[C@H](OCc2ccccc2)[C@@H](OCc2ccccc2)[C@@H](OCc2ccccc2)[C@@H](COCc2ccccc2)O[C@H]1n1ccc2c(Cl)ncnc21. The molecule has 1 saturated heterocycles. The lowest BCUT2D eigenvalue weighted by Crippen LogP contribution is -2.50. The summed E-state index contributed by atoms with van der Waals surface area (Å²) in [7, 11) is 0. The number of halogens is 2. The molecule has 51 heavy (non-hydrogen) atoms. The summed E-state index contributed by atoms with van der Waals surface area (Å²) in [6, 6.07) is 40.9. The zero-order valence-corrected chi connectivity index (χ0v) is 28.7. The maximum atomic E-state index is 17.6. The first-order valence-corrected chi connectivity index (χ1v) is 17.4. The largest absolute Gasteiger partial charge is 0.374 e. The van der Waals surface area contributed by atoms with Crippen LogP contribution in [-0.4, -0.2) is 51.7 Å². The van der Waals surface area contributed by atoms with Crippen molar-refractivity contribution in [2.45, 2.75) is 63.2 Å². The summed E-state index contributed by atoms with van der Waals surface area (Å²) in [5, 5.41) is 0.835. The zero-order chi connectivity index (χ0) is 34.8. The molecule has 0 amide bonds. The topological polar surface area (TPSA) is 76.9 Å². The predicted molar refractivity (Wildman–Crippen MR) is 192 cm³/mol. The van der Waals surface area contributed by atoms with Gasteiger partial charge in [-0.05, 0) is 28.3 Å². The quantitative estimate of drug-likeness (QED) is 0.106. The van der Waals surface area contributed by atoms with Crippen LogP contribution in [0.3, 0.4) is 0 Å². The molecule has 0 radical (unpaired) electrons. The molecular weight excluding hydrogens is 669 g/mol. The van der Waals surface area contributed by atoms with Gasteiger partial charge in [0.15, 0.2) is 12.4 Å². The molecule has 10 heteroatoms. The molecule has 0 unspecified atom stereocenters. The van der Waals surface area contributed by atoms with Crippen LogP contribution in [0.1, 0.15) is 28.5 Å². The van der Waals surface area contributed by atoms with Gasteiger partial charge in [0.2, 0.25) is 0 Å². The van der Waals surface area contributed by atoms with Gasteiger partial charge in [0.05, 0.1) is 38.4 Å². The van der Waals surface area contributed by atoms with Gasteiger partial charge in [-0.1, -0.05) is 133 Å². The lowest BCUT2D eigenvalue weighted by Gasteiger charge is -2.34. The van der Waals surface area contributed by atoms with E-state index in [1.165, 1.54) is 6.33 Å². The summed E-state index contributed by atoms with van der Waals surface area (Å²) in [5.74, 6) is 0. The molecule has 4 aromatic carbocycles. The summed E-state index contributed by atoms with van der Waals surface area (Å²) in [6.45, 7) is 0.992. The Bertz CT molecular complexity index is 1940. The Balaban J connectivity index is 1.29. The van der Waals surface area contributed by atoms with Crippen LogP contribution in [0.4, 0.5) is 4.39 Å². The minimum atomic E-state index is -1.74. The molecular formula is C41H39ClFN3O5. The van der Waals surface area contributed by atoms with E-state index in [0.29, 0.717) is 17.6 Å². The Morgan fingerprint density at radius 1 is 0.608 bits per heavy atom. The lowest BCUT2D eigenvalue weighted by atomic mass is 9.99. The van der Waals surface area contributed by atoms with E-state index in [2.05, 4.69) is 9.97 Å². The maximum Gasteiger partial charge on any atom is 0.174 e. The van der Waals surface area contributed by atoms with Crippen LogP contribution in [0.25, 0.3) is 11.0 Å². The molecule has 262 valence electrons. The highest BCUT2D eigenvalue weighted by molar-refractivity contribution is 6.33. The van der Waals surface area contributed by atoms with Gasteiger partial charge in [-0.25, -0.2) is 14.4 Å². The number of fused-ring (bicyclic) bond motifs is 1. The van der Waals surface area contributed by atoms with Crippen molar-refractivity contribution in [3.8, 4) is 0 Å². The van der Waals surface area contributed by atoms with Crippen LogP contribution in [0.2, 0.25) is 5.15 Å². The number of rotatable bonds is 14. The fourth-order valence-electron chi connectivity index (χ4n) is 6.32. The number of ether oxygens (including phenoxy) is 5. The second-order valence-corrected chi connectivity index (χ2v) is 12.8. The molecule has 1 aliphatic heterocycles. The summed E-state index contributed by atoms with van der Waals surface area (Å²) >= 11 is 6.44. The minimum Gasteiger partial charge on any atom is -0.374 e. The van der Waals surface area contributed by atoms with Crippen LogP contribution in [0.5, 0.6) is 0 Å². The van der Waals surface area contributed by atoms with Crippen molar-refractivity contribution in [2.75, 3.05) is 6.61 Å². The van der Waals surface area contributed by atoms with Crippen molar-refractivity contribution in [3.63, 3.8) is 0 Å². The molecule has 0 aliphatic carbocycles. The van der Waals surface area contributed by atoms with Crippen LogP contribution < -0.4 is 0 Å². The van der Waals surface area contributed by atoms with Crippen molar-refractivity contribution in [1.29, 1.82) is 0 Å². The first-order chi connectivity index (χ1) is 25.1. The highest BCUT2D eigenvalue weighted by atomic mass is 35.5. The van der Waals surface area contributed by atoms with Gasteiger partial charge in [-0.15, -0.1) is 0 Å².